The molecule has 4 nitrogen and oxygen atoms in total. The van der Waals surface area contributed by atoms with Gasteiger partial charge in [-0.2, -0.15) is 5.26 Å². The summed E-state index contributed by atoms with van der Waals surface area (Å²) in [6.07, 6.45) is 1.07. The molecule has 4 heteroatoms. The third-order valence-corrected chi connectivity index (χ3v) is 3.00. The summed E-state index contributed by atoms with van der Waals surface area (Å²) in [4.78, 5) is 2.08. The molecule has 2 N–H and O–H groups in total. The van der Waals surface area contributed by atoms with Gasteiger partial charge >= 0.3 is 0 Å². The summed E-state index contributed by atoms with van der Waals surface area (Å²) in [6.45, 7) is 4.19. The third kappa shape index (κ3) is 6.23. The Morgan fingerprint density at radius 1 is 1.37 bits per heavy atom. The normalized spacial score (nSPS) is 11.9. The largest absolute Gasteiger partial charge is 0.393 e. The van der Waals surface area contributed by atoms with Crippen LogP contribution in [0.1, 0.15) is 25.3 Å². The maximum atomic E-state index is 9.15. The smallest absolute Gasteiger partial charge is 0.0640 e. The zero-order chi connectivity index (χ0) is 14.1. The van der Waals surface area contributed by atoms with Gasteiger partial charge in [0.2, 0.25) is 0 Å². The van der Waals surface area contributed by atoms with E-state index in [-0.39, 0.29) is 6.10 Å². The standard InChI is InChI=1S/C15H23N3O/c1-13(19)8-10-17-12-14-4-6-15(7-5-14)18(2)11-3-9-16/h4-7,13,17,19H,3,8,10-12H2,1-2H3. The first-order valence-electron chi connectivity index (χ1n) is 6.69. The molecule has 0 fully saturated rings. The minimum atomic E-state index is -0.247. The number of nitrogens with one attached hydrogen (secondary N) is 1. The summed E-state index contributed by atoms with van der Waals surface area (Å²) in [5, 5.41) is 21.0. The number of anilines is 1. The highest BCUT2D eigenvalue weighted by molar-refractivity contribution is 5.46. The van der Waals surface area contributed by atoms with Crippen LogP contribution in [0.5, 0.6) is 0 Å². The van der Waals surface area contributed by atoms with E-state index < -0.39 is 0 Å². The number of hydrogen-bond acceptors (Lipinski definition) is 4. The Labute approximate surface area is 115 Å². The van der Waals surface area contributed by atoms with Crippen molar-refractivity contribution in [3.63, 3.8) is 0 Å². The van der Waals surface area contributed by atoms with Gasteiger partial charge in [0.25, 0.3) is 0 Å². The molecule has 0 bridgehead atoms. The zero-order valence-corrected chi connectivity index (χ0v) is 11.8. The Balaban J connectivity index is 2.37. The monoisotopic (exact) mass is 261 g/mol. The molecule has 0 aliphatic rings. The van der Waals surface area contributed by atoms with E-state index in [1.165, 1.54) is 5.56 Å². The highest BCUT2D eigenvalue weighted by Gasteiger charge is 2.01. The number of nitriles is 1. The van der Waals surface area contributed by atoms with Crippen molar-refractivity contribution in [2.24, 2.45) is 0 Å². The first-order valence-corrected chi connectivity index (χ1v) is 6.69. The fourth-order valence-corrected chi connectivity index (χ4v) is 1.76. The lowest BCUT2D eigenvalue weighted by Gasteiger charge is -2.18. The van der Waals surface area contributed by atoms with Crippen molar-refractivity contribution in [2.75, 3.05) is 25.0 Å². The highest BCUT2D eigenvalue weighted by Crippen LogP contribution is 2.13. The summed E-state index contributed by atoms with van der Waals surface area (Å²) in [6, 6.07) is 10.5. The van der Waals surface area contributed by atoms with Gasteiger partial charge in [-0.05, 0) is 37.6 Å². The number of benzene rings is 1. The van der Waals surface area contributed by atoms with Gasteiger partial charge in [-0.1, -0.05) is 12.1 Å². The SMILES string of the molecule is CC(O)CCNCc1ccc(N(C)CCC#N)cc1. The lowest BCUT2D eigenvalue weighted by Crippen LogP contribution is -2.19. The summed E-state index contributed by atoms with van der Waals surface area (Å²) < 4.78 is 0. The van der Waals surface area contributed by atoms with Gasteiger partial charge < -0.3 is 15.3 Å². The Bertz CT molecular complexity index is 395. The van der Waals surface area contributed by atoms with Crippen molar-refractivity contribution in [3.8, 4) is 6.07 Å². The molecule has 0 saturated heterocycles. The van der Waals surface area contributed by atoms with Crippen molar-refractivity contribution in [2.45, 2.75) is 32.4 Å². The van der Waals surface area contributed by atoms with Crippen LogP contribution in [-0.4, -0.2) is 31.3 Å². The number of hydrogen-bond donors (Lipinski definition) is 2. The molecule has 1 rings (SSSR count). The second-order valence-electron chi connectivity index (χ2n) is 4.81. The molecule has 1 atom stereocenters. The molecule has 19 heavy (non-hydrogen) atoms. The van der Waals surface area contributed by atoms with Gasteiger partial charge in [-0.25, -0.2) is 0 Å². The minimum Gasteiger partial charge on any atom is -0.393 e. The Morgan fingerprint density at radius 3 is 2.63 bits per heavy atom. The van der Waals surface area contributed by atoms with E-state index in [0.717, 1.165) is 31.7 Å². The number of rotatable bonds is 8. The Hall–Kier alpha value is -1.57. The maximum Gasteiger partial charge on any atom is 0.0640 e. The van der Waals surface area contributed by atoms with Crippen LogP contribution in [0.15, 0.2) is 24.3 Å². The quantitative estimate of drug-likeness (QED) is 0.702. The van der Waals surface area contributed by atoms with E-state index in [1.807, 2.05) is 7.05 Å². The Morgan fingerprint density at radius 2 is 2.05 bits per heavy atom. The summed E-state index contributed by atoms with van der Waals surface area (Å²) in [7, 11) is 1.99. The molecule has 104 valence electrons. The van der Waals surface area contributed by atoms with Crippen LogP contribution in [0.2, 0.25) is 0 Å². The van der Waals surface area contributed by atoms with Crippen molar-refractivity contribution in [1.29, 1.82) is 5.26 Å². The van der Waals surface area contributed by atoms with Crippen molar-refractivity contribution in [1.82, 2.24) is 5.32 Å². The summed E-state index contributed by atoms with van der Waals surface area (Å²) in [5.74, 6) is 0. The van der Waals surface area contributed by atoms with Gasteiger partial charge in [-0.3, -0.25) is 0 Å². The third-order valence-electron chi connectivity index (χ3n) is 3.00. The second-order valence-corrected chi connectivity index (χ2v) is 4.81. The molecular weight excluding hydrogens is 238 g/mol. The molecule has 1 aromatic carbocycles. The van der Waals surface area contributed by atoms with Crippen LogP contribution < -0.4 is 10.2 Å². The van der Waals surface area contributed by atoms with Crippen LogP contribution in [0.4, 0.5) is 5.69 Å². The molecule has 1 unspecified atom stereocenters. The molecule has 0 radical (unpaired) electrons. The molecule has 0 saturated carbocycles. The zero-order valence-electron chi connectivity index (χ0n) is 11.8. The molecule has 0 aromatic heterocycles. The van der Waals surface area contributed by atoms with Crippen LogP contribution in [0.25, 0.3) is 0 Å². The Kier molecular flexibility index (Phi) is 6.94. The molecular formula is C15H23N3O. The fourth-order valence-electron chi connectivity index (χ4n) is 1.76. The maximum absolute atomic E-state index is 9.15. The van der Waals surface area contributed by atoms with E-state index in [1.54, 1.807) is 6.92 Å². The molecule has 0 aliphatic carbocycles. The average Bonchev–Trinajstić information content (AvgIpc) is 2.41. The van der Waals surface area contributed by atoms with Crippen molar-refractivity contribution in [3.05, 3.63) is 29.8 Å². The summed E-state index contributed by atoms with van der Waals surface area (Å²) in [5.41, 5.74) is 2.35. The van der Waals surface area contributed by atoms with Crippen molar-refractivity contribution < 1.29 is 5.11 Å². The average molecular weight is 261 g/mol. The van der Waals surface area contributed by atoms with Crippen molar-refractivity contribution >= 4 is 5.69 Å². The van der Waals surface area contributed by atoms with Gasteiger partial charge in [0.1, 0.15) is 0 Å². The topological polar surface area (TPSA) is 59.3 Å². The van der Waals surface area contributed by atoms with Gasteiger partial charge in [-0.15, -0.1) is 0 Å². The van der Waals surface area contributed by atoms with Gasteiger partial charge in [0.15, 0.2) is 0 Å². The van der Waals surface area contributed by atoms with E-state index in [4.69, 9.17) is 10.4 Å². The predicted octanol–water partition coefficient (Wildman–Crippen LogP) is 1.90. The lowest BCUT2D eigenvalue weighted by molar-refractivity contribution is 0.183. The molecule has 0 heterocycles. The van der Waals surface area contributed by atoms with E-state index in [0.29, 0.717) is 6.42 Å². The highest BCUT2D eigenvalue weighted by atomic mass is 16.3. The van der Waals surface area contributed by atoms with Crippen LogP contribution in [-0.2, 0) is 6.54 Å². The van der Waals surface area contributed by atoms with Crippen LogP contribution >= 0.6 is 0 Å². The molecule has 0 spiro atoms. The van der Waals surface area contributed by atoms with Gasteiger partial charge in [0, 0.05) is 25.8 Å². The first-order chi connectivity index (χ1) is 9.13. The van der Waals surface area contributed by atoms with E-state index in [9.17, 15) is 0 Å². The number of aliphatic hydroxyl groups excluding tert-OH is 1. The summed E-state index contributed by atoms with van der Waals surface area (Å²) >= 11 is 0. The van der Waals surface area contributed by atoms with Crippen LogP contribution in [0, 0.1) is 11.3 Å². The second kappa shape index (κ2) is 8.52. The molecule has 0 amide bonds. The van der Waals surface area contributed by atoms with E-state index in [2.05, 4.69) is 40.6 Å². The minimum absolute atomic E-state index is 0.247. The number of aliphatic hydroxyl groups is 1. The lowest BCUT2D eigenvalue weighted by atomic mass is 10.2. The number of nitrogens with zero attached hydrogens (tertiary/aromatic N) is 2. The van der Waals surface area contributed by atoms with Gasteiger partial charge in [0.05, 0.1) is 18.6 Å². The molecule has 1 aromatic rings. The predicted molar refractivity (Wildman–Crippen MR) is 77.9 cm³/mol. The van der Waals surface area contributed by atoms with E-state index >= 15 is 0 Å². The molecule has 0 aliphatic heterocycles. The van der Waals surface area contributed by atoms with Crippen LogP contribution in [0.3, 0.4) is 0 Å². The first kappa shape index (κ1) is 15.5. The fraction of sp³-hybridized carbons (Fsp3) is 0.533.